The largest absolute Gasteiger partial charge is 0.488 e. The zero-order valence-corrected chi connectivity index (χ0v) is 16.8. The molecule has 0 spiro atoms. The number of unbranched alkanes of at least 4 members (excludes halogenated alkanes) is 1. The van der Waals surface area contributed by atoms with Crippen molar-refractivity contribution < 1.29 is 23.0 Å². The lowest BCUT2D eigenvalue weighted by Gasteiger charge is -2.27. The molecule has 1 aromatic heterocycles. The second-order valence-corrected chi connectivity index (χ2v) is 7.57. The Morgan fingerprint density at radius 3 is 2.97 bits per heavy atom. The van der Waals surface area contributed by atoms with Crippen LogP contribution in [0.25, 0.3) is 10.9 Å². The first kappa shape index (κ1) is 20.3. The number of benzene rings is 2. The van der Waals surface area contributed by atoms with Gasteiger partial charge in [-0.1, -0.05) is 0 Å². The normalized spacial score (nSPS) is 15.6. The van der Waals surface area contributed by atoms with E-state index in [1.54, 1.807) is 12.1 Å². The van der Waals surface area contributed by atoms with Gasteiger partial charge in [0.2, 0.25) is 0 Å². The highest BCUT2D eigenvalue weighted by atomic mass is 19.1. The lowest BCUT2D eigenvalue weighted by Crippen LogP contribution is -2.40. The van der Waals surface area contributed by atoms with Crippen molar-refractivity contribution in [1.82, 2.24) is 10.3 Å². The second-order valence-electron chi connectivity index (χ2n) is 7.57. The molecule has 7 heteroatoms. The third kappa shape index (κ3) is 4.46. The molecule has 0 amide bonds. The van der Waals surface area contributed by atoms with Crippen molar-refractivity contribution in [3.05, 3.63) is 59.3 Å². The fourth-order valence-electron chi connectivity index (χ4n) is 3.91. The van der Waals surface area contributed by atoms with Crippen LogP contribution in [-0.4, -0.2) is 30.1 Å². The average Bonchev–Trinajstić information content (AvgIpc) is 3.12. The predicted molar refractivity (Wildman–Crippen MR) is 110 cm³/mol. The van der Waals surface area contributed by atoms with Crippen LogP contribution in [0.15, 0.2) is 36.5 Å². The highest BCUT2D eigenvalue weighted by Crippen LogP contribution is 2.35. The highest BCUT2D eigenvalue weighted by molar-refractivity contribution is 5.83. The fraction of sp³-hybridized carbons (Fsp3) is 0.348. The Hall–Kier alpha value is -2.93. The van der Waals surface area contributed by atoms with Crippen LogP contribution in [-0.2, 0) is 17.6 Å². The number of nitrogens with one attached hydrogen (secondary N) is 2. The minimum atomic E-state index is -0.450. The van der Waals surface area contributed by atoms with Crippen LogP contribution >= 0.6 is 0 Å². The van der Waals surface area contributed by atoms with Crippen molar-refractivity contribution in [3.63, 3.8) is 0 Å². The summed E-state index contributed by atoms with van der Waals surface area (Å²) in [4.78, 5) is 14.5. The lowest BCUT2D eigenvalue weighted by molar-refractivity contribution is -0.131. The maximum atomic E-state index is 14.0. The van der Waals surface area contributed by atoms with Gasteiger partial charge in [0, 0.05) is 35.6 Å². The van der Waals surface area contributed by atoms with Crippen LogP contribution in [0.2, 0.25) is 0 Å². The number of aromatic nitrogens is 1. The van der Waals surface area contributed by atoms with E-state index >= 15 is 0 Å². The molecule has 1 aliphatic heterocycles. The van der Waals surface area contributed by atoms with Crippen molar-refractivity contribution in [3.8, 4) is 11.5 Å². The Morgan fingerprint density at radius 1 is 1.27 bits per heavy atom. The number of hydrogen-bond donors (Lipinski definition) is 2. The molecule has 2 aromatic carbocycles. The van der Waals surface area contributed by atoms with E-state index in [9.17, 15) is 13.6 Å². The Kier molecular flexibility index (Phi) is 5.99. The van der Waals surface area contributed by atoms with Gasteiger partial charge in [-0.15, -0.1) is 0 Å². The molecule has 0 radical (unpaired) electrons. The number of ether oxygens (including phenoxy) is 2. The van der Waals surface area contributed by atoms with Gasteiger partial charge in [-0.2, -0.15) is 0 Å². The average molecular weight is 414 g/mol. The molecule has 0 saturated heterocycles. The maximum Gasteiger partial charge on any atom is 0.308 e. The number of hydrogen-bond acceptors (Lipinski definition) is 4. The first-order chi connectivity index (χ1) is 14.5. The number of carbonyl (C=O) groups excluding carboxylic acids is 1. The fourth-order valence-corrected chi connectivity index (χ4v) is 3.91. The summed E-state index contributed by atoms with van der Waals surface area (Å²) in [6.07, 6.45) is 5.21. The minimum Gasteiger partial charge on any atom is -0.488 e. The van der Waals surface area contributed by atoms with Crippen LogP contribution in [0.3, 0.4) is 0 Å². The van der Waals surface area contributed by atoms with Gasteiger partial charge >= 0.3 is 5.97 Å². The highest BCUT2D eigenvalue weighted by Gasteiger charge is 2.26. The number of fused-ring (bicyclic) bond motifs is 2. The second kappa shape index (κ2) is 8.83. The SMILES string of the molecule is CC(=O)Oc1ccc(F)c2c1CC(NCCCCc1c[nH]c3ccc(F)cc13)CO2. The number of halogens is 2. The number of esters is 1. The third-order valence-electron chi connectivity index (χ3n) is 5.34. The molecule has 1 unspecified atom stereocenters. The van der Waals surface area contributed by atoms with Crippen LogP contribution in [0.5, 0.6) is 11.5 Å². The van der Waals surface area contributed by atoms with E-state index in [1.807, 2.05) is 6.20 Å². The van der Waals surface area contributed by atoms with Gasteiger partial charge in [-0.05, 0) is 68.1 Å². The summed E-state index contributed by atoms with van der Waals surface area (Å²) in [5, 5.41) is 4.36. The zero-order valence-electron chi connectivity index (χ0n) is 16.8. The van der Waals surface area contributed by atoms with E-state index in [2.05, 4.69) is 10.3 Å². The Labute approximate surface area is 173 Å². The first-order valence-corrected chi connectivity index (χ1v) is 10.1. The van der Waals surface area contributed by atoms with Gasteiger partial charge in [-0.25, -0.2) is 8.78 Å². The first-order valence-electron chi connectivity index (χ1n) is 10.1. The summed E-state index contributed by atoms with van der Waals surface area (Å²) in [6.45, 7) is 2.45. The number of H-pyrrole nitrogens is 1. The quantitative estimate of drug-likeness (QED) is 0.344. The molecular weight excluding hydrogens is 390 g/mol. The molecule has 2 N–H and O–H groups in total. The minimum absolute atomic E-state index is 0.00999. The topological polar surface area (TPSA) is 63.3 Å². The lowest BCUT2D eigenvalue weighted by atomic mass is 10.0. The molecular formula is C23H24F2N2O3. The summed E-state index contributed by atoms with van der Waals surface area (Å²) in [7, 11) is 0. The third-order valence-corrected chi connectivity index (χ3v) is 5.34. The molecule has 5 nitrogen and oxygen atoms in total. The van der Waals surface area contributed by atoms with Crippen LogP contribution < -0.4 is 14.8 Å². The van der Waals surface area contributed by atoms with E-state index in [0.29, 0.717) is 24.3 Å². The van der Waals surface area contributed by atoms with Gasteiger partial charge in [-0.3, -0.25) is 4.79 Å². The van der Waals surface area contributed by atoms with Crippen molar-refractivity contribution in [2.45, 2.75) is 38.6 Å². The van der Waals surface area contributed by atoms with Gasteiger partial charge < -0.3 is 19.8 Å². The van der Waals surface area contributed by atoms with Crippen molar-refractivity contribution in [2.75, 3.05) is 13.2 Å². The monoisotopic (exact) mass is 414 g/mol. The summed E-state index contributed by atoms with van der Waals surface area (Å²) in [6, 6.07) is 7.50. The van der Waals surface area contributed by atoms with Gasteiger partial charge in [0.15, 0.2) is 11.6 Å². The van der Waals surface area contributed by atoms with Gasteiger partial charge in [0.05, 0.1) is 0 Å². The van der Waals surface area contributed by atoms with Crippen molar-refractivity contribution in [2.24, 2.45) is 0 Å². The summed E-state index contributed by atoms with van der Waals surface area (Å²) in [5.74, 6) is -0.618. The van der Waals surface area contributed by atoms with Gasteiger partial charge in [0.25, 0.3) is 0 Å². The molecule has 30 heavy (non-hydrogen) atoms. The molecule has 2 heterocycles. The number of carbonyl (C=O) groups is 1. The molecule has 0 aliphatic carbocycles. The summed E-state index contributed by atoms with van der Waals surface area (Å²) >= 11 is 0. The van der Waals surface area contributed by atoms with E-state index in [0.717, 1.165) is 42.3 Å². The molecule has 1 aliphatic rings. The van der Waals surface area contributed by atoms with E-state index in [4.69, 9.17) is 9.47 Å². The number of aromatic amines is 1. The van der Waals surface area contributed by atoms with Crippen LogP contribution in [0.4, 0.5) is 8.78 Å². The molecule has 0 bridgehead atoms. The predicted octanol–water partition coefficient (Wildman–Crippen LogP) is 4.29. The smallest absolute Gasteiger partial charge is 0.308 e. The number of aryl methyl sites for hydroxylation is 1. The van der Waals surface area contributed by atoms with E-state index < -0.39 is 11.8 Å². The molecule has 0 fully saturated rings. The Morgan fingerprint density at radius 2 is 2.13 bits per heavy atom. The summed E-state index contributed by atoms with van der Waals surface area (Å²) < 4.78 is 38.3. The summed E-state index contributed by atoms with van der Waals surface area (Å²) in [5.41, 5.74) is 2.63. The molecule has 3 aromatic rings. The standard InChI is InChI=1S/C23H24F2N2O3/c1-14(28)30-22-8-6-20(25)23-19(22)11-17(13-29-23)26-9-3-2-4-15-12-27-21-7-5-16(24)10-18(15)21/h5-8,10,12,17,26-27H,2-4,9,11,13H2,1H3. The molecule has 0 saturated carbocycles. The Balaban J connectivity index is 1.29. The zero-order chi connectivity index (χ0) is 21.1. The van der Waals surface area contributed by atoms with Crippen molar-refractivity contribution in [1.29, 1.82) is 0 Å². The Bertz CT molecular complexity index is 1060. The van der Waals surface area contributed by atoms with Crippen LogP contribution in [0, 0.1) is 11.6 Å². The molecule has 4 rings (SSSR count). The van der Waals surface area contributed by atoms with Crippen molar-refractivity contribution >= 4 is 16.9 Å². The maximum absolute atomic E-state index is 14.0. The number of rotatable bonds is 7. The van der Waals surface area contributed by atoms with E-state index in [1.165, 1.54) is 25.1 Å². The van der Waals surface area contributed by atoms with Gasteiger partial charge in [0.1, 0.15) is 18.2 Å². The molecule has 1 atom stereocenters. The van der Waals surface area contributed by atoms with E-state index in [-0.39, 0.29) is 17.6 Å². The van der Waals surface area contributed by atoms with Crippen LogP contribution in [0.1, 0.15) is 30.9 Å². The molecule has 158 valence electrons.